The molecule has 1 fully saturated rings. The molecule has 1 saturated heterocycles. The highest BCUT2D eigenvalue weighted by atomic mass is 16.5. The van der Waals surface area contributed by atoms with Gasteiger partial charge in [-0.25, -0.2) is 4.98 Å². The lowest BCUT2D eigenvalue weighted by Gasteiger charge is -2.27. The highest BCUT2D eigenvalue weighted by Crippen LogP contribution is 2.13. The van der Waals surface area contributed by atoms with Gasteiger partial charge in [0.2, 0.25) is 0 Å². The van der Waals surface area contributed by atoms with Crippen molar-refractivity contribution in [3.05, 3.63) is 51.4 Å². The first kappa shape index (κ1) is 19.3. The van der Waals surface area contributed by atoms with Crippen LogP contribution in [0.15, 0.2) is 29.2 Å². The molecule has 0 spiro atoms. The summed E-state index contributed by atoms with van der Waals surface area (Å²) >= 11 is 0. The lowest BCUT2D eigenvalue weighted by atomic mass is 10.2. The summed E-state index contributed by atoms with van der Waals surface area (Å²) in [7, 11) is 1.51. The quantitative estimate of drug-likeness (QED) is 0.610. The van der Waals surface area contributed by atoms with E-state index in [9.17, 15) is 9.59 Å². The van der Waals surface area contributed by atoms with Gasteiger partial charge in [-0.2, -0.15) is 0 Å². The minimum absolute atomic E-state index is 0.0509. The molecule has 0 radical (unpaired) electrons. The van der Waals surface area contributed by atoms with Gasteiger partial charge in [-0.15, -0.1) is 0 Å². The molecule has 1 aliphatic heterocycles. The van der Waals surface area contributed by atoms with Gasteiger partial charge in [0.05, 0.1) is 24.2 Å². The van der Waals surface area contributed by atoms with Gasteiger partial charge in [0.1, 0.15) is 16.8 Å². The maximum atomic E-state index is 13.2. The van der Waals surface area contributed by atoms with E-state index in [1.54, 1.807) is 16.8 Å². The number of morpholine rings is 1. The highest BCUT2D eigenvalue weighted by molar-refractivity contribution is 5.96. The first-order valence-corrected chi connectivity index (χ1v) is 9.63. The largest absolute Gasteiger partial charge is 0.379 e. The minimum atomic E-state index is -0.397. The number of carbonyl (C=O) groups excluding carboxylic acids is 1. The summed E-state index contributed by atoms with van der Waals surface area (Å²) < 4.78 is 8.55. The first-order valence-electron chi connectivity index (χ1n) is 9.63. The van der Waals surface area contributed by atoms with Crippen LogP contribution < -0.4 is 16.4 Å². The van der Waals surface area contributed by atoms with E-state index in [2.05, 4.69) is 10.2 Å². The third kappa shape index (κ3) is 3.43. The van der Waals surface area contributed by atoms with Crippen LogP contribution in [0.2, 0.25) is 0 Å². The predicted octanol–water partition coefficient (Wildman–Crippen LogP) is 0.129. The van der Waals surface area contributed by atoms with Crippen LogP contribution in [0.5, 0.6) is 0 Å². The summed E-state index contributed by atoms with van der Waals surface area (Å²) in [4.78, 5) is 32.5. The van der Waals surface area contributed by atoms with Gasteiger partial charge in [-0.1, -0.05) is 6.07 Å². The number of nitrogens with zero attached hydrogens (tertiary/aromatic N) is 4. The van der Waals surface area contributed by atoms with Gasteiger partial charge in [0.25, 0.3) is 11.5 Å². The van der Waals surface area contributed by atoms with Crippen LogP contribution in [0.1, 0.15) is 15.9 Å². The lowest BCUT2D eigenvalue weighted by molar-refractivity contribution is 0.0363. The van der Waals surface area contributed by atoms with Crippen molar-refractivity contribution in [2.75, 3.05) is 39.9 Å². The summed E-state index contributed by atoms with van der Waals surface area (Å²) in [5.74, 6) is -0.397. The molecule has 0 aromatic carbocycles. The molecule has 3 aromatic heterocycles. The lowest BCUT2D eigenvalue weighted by Crippen LogP contribution is -2.40. The van der Waals surface area contributed by atoms with Crippen molar-refractivity contribution < 1.29 is 9.53 Å². The fraction of sp³-hybridized carbons (Fsp3) is 0.400. The Bertz CT molecular complexity index is 1210. The Morgan fingerprint density at radius 3 is 2.76 bits per heavy atom. The van der Waals surface area contributed by atoms with Crippen molar-refractivity contribution >= 4 is 22.6 Å². The van der Waals surface area contributed by atoms with Crippen LogP contribution in [-0.4, -0.2) is 64.7 Å². The monoisotopic (exact) mass is 396 g/mol. The summed E-state index contributed by atoms with van der Waals surface area (Å²) in [6.07, 6.45) is 1.67. The zero-order valence-electron chi connectivity index (χ0n) is 16.6. The van der Waals surface area contributed by atoms with Gasteiger partial charge >= 0.3 is 0 Å². The number of fused-ring (bicyclic) bond motifs is 2. The summed E-state index contributed by atoms with van der Waals surface area (Å²) in [6, 6.07) is 5.17. The smallest absolute Gasteiger partial charge is 0.267 e. The molecule has 0 atom stereocenters. The van der Waals surface area contributed by atoms with E-state index in [0.29, 0.717) is 43.0 Å². The van der Waals surface area contributed by atoms with Crippen molar-refractivity contribution in [3.8, 4) is 0 Å². The van der Waals surface area contributed by atoms with Crippen LogP contribution in [0.25, 0.3) is 16.7 Å². The van der Waals surface area contributed by atoms with E-state index in [-0.39, 0.29) is 16.6 Å². The maximum Gasteiger partial charge on any atom is 0.267 e. The van der Waals surface area contributed by atoms with E-state index in [1.165, 1.54) is 17.5 Å². The molecule has 4 heterocycles. The zero-order valence-corrected chi connectivity index (χ0v) is 16.6. The number of rotatable bonds is 4. The molecular weight excluding hydrogens is 372 g/mol. The van der Waals surface area contributed by atoms with Crippen molar-refractivity contribution in [2.24, 2.45) is 0 Å². The average molecular weight is 396 g/mol. The molecule has 1 amide bonds. The minimum Gasteiger partial charge on any atom is -0.379 e. The van der Waals surface area contributed by atoms with Crippen molar-refractivity contribution in [3.63, 3.8) is 0 Å². The van der Waals surface area contributed by atoms with Gasteiger partial charge in [-0.3, -0.25) is 24.3 Å². The van der Waals surface area contributed by atoms with Crippen molar-refractivity contribution in [1.29, 1.82) is 5.41 Å². The number of ether oxygens (including phenoxy) is 1. The Hall–Kier alpha value is -3.04. The average Bonchev–Trinajstić information content (AvgIpc) is 2.74. The fourth-order valence-corrected chi connectivity index (χ4v) is 3.69. The van der Waals surface area contributed by atoms with Crippen LogP contribution in [0, 0.1) is 12.3 Å². The molecule has 0 aliphatic carbocycles. The zero-order chi connectivity index (χ0) is 20.5. The molecule has 9 heteroatoms. The second-order valence-corrected chi connectivity index (χ2v) is 7.13. The number of amides is 1. The van der Waals surface area contributed by atoms with Crippen molar-refractivity contribution in [1.82, 2.24) is 24.2 Å². The van der Waals surface area contributed by atoms with Crippen LogP contribution in [-0.2, 0) is 11.3 Å². The third-order valence-corrected chi connectivity index (χ3v) is 5.35. The summed E-state index contributed by atoms with van der Waals surface area (Å²) in [6.45, 7) is 6.03. The number of pyridine rings is 2. The van der Waals surface area contributed by atoms with Gasteiger partial charge in [-0.05, 0) is 24.6 Å². The summed E-state index contributed by atoms with van der Waals surface area (Å²) in [5.41, 5.74) is 1.81. The van der Waals surface area contributed by atoms with E-state index >= 15 is 0 Å². The Kier molecular flexibility index (Phi) is 5.16. The van der Waals surface area contributed by atoms with Gasteiger partial charge in [0.15, 0.2) is 0 Å². The maximum absolute atomic E-state index is 13.2. The Morgan fingerprint density at radius 1 is 1.28 bits per heavy atom. The summed E-state index contributed by atoms with van der Waals surface area (Å²) in [5, 5.41) is 11.5. The van der Waals surface area contributed by atoms with Gasteiger partial charge in [0, 0.05) is 39.4 Å². The number of carbonyl (C=O) groups is 1. The predicted molar refractivity (Wildman–Crippen MR) is 108 cm³/mol. The SMILES string of the molecule is CNC(=O)c1cc2c(=O)n3cccc(C)c3nc2n(CCN2CCOCC2)c1=N. The molecule has 2 N–H and O–H groups in total. The Balaban J connectivity index is 1.94. The molecule has 4 rings (SSSR count). The molecule has 0 unspecified atom stereocenters. The molecule has 1 aliphatic rings. The second-order valence-electron chi connectivity index (χ2n) is 7.13. The van der Waals surface area contributed by atoms with Gasteiger partial charge < -0.3 is 14.6 Å². The molecule has 152 valence electrons. The number of aryl methyl sites for hydroxylation is 1. The van der Waals surface area contributed by atoms with E-state index in [1.807, 2.05) is 13.0 Å². The Morgan fingerprint density at radius 2 is 2.03 bits per heavy atom. The van der Waals surface area contributed by atoms with Crippen LogP contribution in [0.4, 0.5) is 0 Å². The third-order valence-electron chi connectivity index (χ3n) is 5.35. The number of hydrogen-bond donors (Lipinski definition) is 2. The standard InChI is InChI=1S/C20H24N6O3/c1-13-4-3-5-26-17(13)23-18-15(20(26)28)12-14(19(27)22-2)16(21)25(18)7-6-24-8-10-29-11-9-24/h3-5,12,21H,6-11H2,1-2H3,(H,22,27). The van der Waals surface area contributed by atoms with E-state index in [0.717, 1.165) is 18.7 Å². The molecule has 9 nitrogen and oxygen atoms in total. The first-order chi connectivity index (χ1) is 14.0. The van der Waals surface area contributed by atoms with Crippen LogP contribution >= 0.6 is 0 Å². The molecule has 3 aromatic rings. The van der Waals surface area contributed by atoms with Crippen molar-refractivity contribution in [2.45, 2.75) is 13.5 Å². The van der Waals surface area contributed by atoms with Crippen LogP contribution in [0.3, 0.4) is 0 Å². The molecular formula is C20H24N6O3. The number of hydrogen-bond acceptors (Lipinski definition) is 6. The topological polar surface area (TPSA) is 105 Å². The molecule has 0 bridgehead atoms. The fourth-order valence-electron chi connectivity index (χ4n) is 3.69. The number of aromatic nitrogens is 3. The van der Waals surface area contributed by atoms with E-state index in [4.69, 9.17) is 15.1 Å². The second kappa shape index (κ2) is 7.76. The van der Waals surface area contributed by atoms with E-state index < -0.39 is 5.91 Å². The Labute approximate surface area is 167 Å². The normalized spacial score (nSPS) is 15.1. The highest BCUT2D eigenvalue weighted by Gasteiger charge is 2.18. The molecule has 0 saturated carbocycles. The number of nitrogens with one attached hydrogen (secondary N) is 2. The molecule has 29 heavy (non-hydrogen) atoms.